The monoisotopic (exact) mass is 288 g/mol. The van der Waals surface area contributed by atoms with E-state index in [0.29, 0.717) is 5.92 Å². The Labute approximate surface area is 126 Å². The number of rotatable bonds is 5. The smallest absolute Gasteiger partial charge is 0.118 e. The summed E-state index contributed by atoms with van der Waals surface area (Å²) in [5.41, 5.74) is 3.58. The first-order valence-electron chi connectivity index (χ1n) is 6.97. The van der Waals surface area contributed by atoms with Crippen LogP contribution in [0.2, 0.25) is 0 Å². The van der Waals surface area contributed by atoms with E-state index in [1.165, 1.54) is 5.56 Å². The topological polar surface area (TPSA) is 9.23 Å². The van der Waals surface area contributed by atoms with Gasteiger partial charge in [-0.05, 0) is 41.2 Å². The predicted molar refractivity (Wildman–Crippen MR) is 85.7 cm³/mol. The third kappa shape index (κ3) is 3.77. The number of ether oxygens (including phenoxy) is 1. The van der Waals surface area contributed by atoms with Gasteiger partial charge in [-0.3, -0.25) is 0 Å². The van der Waals surface area contributed by atoms with Gasteiger partial charge in [0.25, 0.3) is 0 Å². The Morgan fingerprint density at radius 3 is 1.85 bits per heavy atom. The van der Waals surface area contributed by atoms with Crippen molar-refractivity contribution in [3.8, 4) is 5.75 Å². The van der Waals surface area contributed by atoms with E-state index in [2.05, 4.69) is 38.1 Å². The fourth-order valence-electron chi connectivity index (χ4n) is 2.26. The highest BCUT2D eigenvalue weighted by Gasteiger charge is 2.11. The maximum absolute atomic E-state index is 6.54. The van der Waals surface area contributed by atoms with Crippen LogP contribution in [0.15, 0.2) is 48.5 Å². The Morgan fingerprint density at radius 1 is 0.900 bits per heavy atom. The zero-order chi connectivity index (χ0) is 14.5. The number of halogens is 1. The fourth-order valence-corrected chi connectivity index (χ4v) is 2.55. The van der Waals surface area contributed by atoms with Crippen molar-refractivity contribution in [2.45, 2.75) is 25.6 Å². The molecule has 0 saturated carbocycles. The van der Waals surface area contributed by atoms with Crippen molar-refractivity contribution in [3.05, 3.63) is 65.2 Å². The molecule has 20 heavy (non-hydrogen) atoms. The zero-order valence-corrected chi connectivity index (χ0v) is 13.0. The highest BCUT2D eigenvalue weighted by Crippen LogP contribution is 2.30. The third-order valence-electron chi connectivity index (χ3n) is 3.32. The normalized spacial score (nSPS) is 12.4. The van der Waals surface area contributed by atoms with Gasteiger partial charge in [0, 0.05) is 0 Å². The summed E-state index contributed by atoms with van der Waals surface area (Å²) >= 11 is 6.54. The fraction of sp³-hybridized carbons (Fsp3) is 0.333. The number of hydrogen-bond acceptors (Lipinski definition) is 1. The van der Waals surface area contributed by atoms with Gasteiger partial charge in [0.05, 0.1) is 12.5 Å². The van der Waals surface area contributed by atoms with Gasteiger partial charge in [-0.1, -0.05) is 50.2 Å². The van der Waals surface area contributed by atoms with Gasteiger partial charge in [-0.15, -0.1) is 11.6 Å². The molecule has 2 aromatic carbocycles. The maximum atomic E-state index is 6.54. The van der Waals surface area contributed by atoms with Crippen molar-refractivity contribution in [1.29, 1.82) is 0 Å². The summed E-state index contributed by atoms with van der Waals surface area (Å²) in [5, 5.41) is -0.117. The lowest BCUT2D eigenvalue weighted by Crippen LogP contribution is -1.96. The minimum absolute atomic E-state index is 0.117. The van der Waals surface area contributed by atoms with Crippen LogP contribution in [0, 0.1) is 5.92 Å². The van der Waals surface area contributed by atoms with Crippen molar-refractivity contribution in [2.24, 2.45) is 5.92 Å². The summed E-state index contributed by atoms with van der Waals surface area (Å²) in [4.78, 5) is 0. The molecular weight excluding hydrogens is 268 g/mol. The summed E-state index contributed by atoms with van der Waals surface area (Å²) in [7, 11) is 1.67. The average Bonchev–Trinajstić information content (AvgIpc) is 2.47. The second kappa shape index (κ2) is 6.81. The van der Waals surface area contributed by atoms with Crippen molar-refractivity contribution in [2.75, 3.05) is 7.11 Å². The van der Waals surface area contributed by atoms with Crippen molar-refractivity contribution >= 4 is 11.6 Å². The maximum Gasteiger partial charge on any atom is 0.118 e. The number of benzene rings is 2. The molecule has 1 nitrogen and oxygen atoms in total. The number of alkyl halides is 1. The molecule has 0 N–H and O–H groups in total. The van der Waals surface area contributed by atoms with Crippen LogP contribution in [0.5, 0.6) is 5.75 Å². The quantitative estimate of drug-likeness (QED) is 0.685. The second-order valence-electron chi connectivity index (χ2n) is 5.48. The highest BCUT2D eigenvalue weighted by atomic mass is 35.5. The van der Waals surface area contributed by atoms with Gasteiger partial charge in [-0.2, -0.15) is 0 Å². The lowest BCUT2D eigenvalue weighted by Gasteiger charge is -2.12. The molecular formula is C18H21ClO. The van der Waals surface area contributed by atoms with Gasteiger partial charge in [-0.25, -0.2) is 0 Å². The molecule has 0 aliphatic rings. The van der Waals surface area contributed by atoms with E-state index in [4.69, 9.17) is 16.3 Å². The summed E-state index contributed by atoms with van der Waals surface area (Å²) in [6.07, 6.45) is 1.11. The van der Waals surface area contributed by atoms with Crippen LogP contribution in [0.1, 0.15) is 35.9 Å². The molecule has 0 radical (unpaired) electrons. The standard InChI is InChI=1S/C18H21ClO/c1-13(2)12-14-4-6-15(7-5-14)18(19)16-8-10-17(20-3)11-9-16/h4-11,13,18H,12H2,1-3H3. The molecule has 2 rings (SSSR count). The summed E-state index contributed by atoms with van der Waals surface area (Å²) in [6.45, 7) is 4.46. The van der Waals surface area contributed by atoms with Crippen LogP contribution in [-0.2, 0) is 6.42 Å². The Bertz CT molecular complexity index is 528. The van der Waals surface area contributed by atoms with Gasteiger partial charge >= 0.3 is 0 Å². The van der Waals surface area contributed by atoms with Gasteiger partial charge in [0.1, 0.15) is 5.75 Å². The summed E-state index contributed by atoms with van der Waals surface area (Å²) in [6, 6.07) is 16.5. The molecule has 0 amide bonds. The SMILES string of the molecule is COc1ccc(C(Cl)c2ccc(CC(C)C)cc2)cc1. The van der Waals surface area contributed by atoms with E-state index in [9.17, 15) is 0 Å². The lowest BCUT2D eigenvalue weighted by atomic mass is 9.99. The molecule has 0 heterocycles. The van der Waals surface area contributed by atoms with Crippen LogP contribution in [0.25, 0.3) is 0 Å². The lowest BCUT2D eigenvalue weighted by molar-refractivity contribution is 0.414. The molecule has 0 spiro atoms. The predicted octanol–water partition coefficient (Wildman–Crippen LogP) is 5.22. The van der Waals surface area contributed by atoms with Crippen LogP contribution in [-0.4, -0.2) is 7.11 Å². The molecule has 0 aliphatic carbocycles. The Morgan fingerprint density at radius 2 is 1.40 bits per heavy atom. The Hall–Kier alpha value is -1.47. The first-order chi connectivity index (χ1) is 9.60. The van der Waals surface area contributed by atoms with Crippen LogP contribution in [0.4, 0.5) is 0 Å². The third-order valence-corrected chi connectivity index (χ3v) is 3.83. The van der Waals surface area contributed by atoms with Crippen LogP contribution >= 0.6 is 11.6 Å². The van der Waals surface area contributed by atoms with Crippen LogP contribution < -0.4 is 4.74 Å². The summed E-state index contributed by atoms with van der Waals surface area (Å²) in [5.74, 6) is 1.53. The molecule has 2 aromatic rings. The van der Waals surface area contributed by atoms with Crippen molar-refractivity contribution in [3.63, 3.8) is 0 Å². The molecule has 0 aliphatic heterocycles. The van der Waals surface area contributed by atoms with E-state index in [-0.39, 0.29) is 5.38 Å². The second-order valence-corrected chi connectivity index (χ2v) is 5.91. The van der Waals surface area contributed by atoms with Gasteiger partial charge < -0.3 is 4.74 Å². The highest BCUT2D eigenvalue weighted by molar-refractivity contribution is 6.22. The molecule has 0 saturated heterocycles. The molecule has 0 aromatic heterocycles. The largest absolute Gasteiger partial charge is 0.497 e. The Balaban J connectivity index is 2.13. The van der Waals surface area contributed by atoms with E-state index in [1.54, 1.807) is 7.11 Å². The first kappa shape index (κ1) is 14.9. The summed E-state index contributed by atoms with van der Waals surface area (Å²) < 4.78 is 5.16. The van der Waals surface area contributed by atoms with Gasteiger partial charge in [0.15, 0.2) is 0 Å². The van der Waals surface area contributed by atoms with Crippen LogP contribution in [0.3, 0.4) is 0 Å². The number of hydrogen-bond donors (Lipinski definition) is 0. The van der Waals surface area contributed by atoms with Crippen molar-refractivity contribution < 1.29 is 4.74 Å². The number of methoxy groups -OCH3 is 1. The average molecular weight is 289 g/mol. The minimum atomic E-state index is -0.117. The van der Waals surface area contributed by atoms with E-state index in [1.807, 2.05) is 24.3 Å². The van der Waals surface area contributed by atoms with Gasteiger partial charge in [0.2, 0.25) is 0 Å². The van der Waals surface area contributed by atoms with E-state index >= 15 is 0 Å². The Kier molecular flexibility index (Phi) is 5.08. The molecule has 106 valence electrons. The molecule has 1 atom stereocenters. The molecule has 1 unspecified atom stereocenters. The zero-order valence-electron chi connectivity index (χ0n) is 12.3. The molecule has 0 fully saturated rings. The van der Waals surface area contributed by atoms with E-state index in [0.717, 1.165) is 23.3 Å². The minimum Gasteiger partial charge on any atom is -0.497 e. The first-order valence-corrected chi connectivity index (χ1v) is 7.40. The molecule has 2 heteroatoms. The molecule has 0 bridgehead atoms. The van der Waals surface area contributed by atoms with E-state index < -0.39 is 0 Å². The van der Waals surface area contributed by atoms with Crippen molar-refractivity contribution in [1.82, 2.24) is 0 Å².